The summed E-state index contributed by atoms with van der Waals surface area (Å²) in [5, 5.41) is 3.09. The van der Waals surface area contributed by atoms with Crippen molar-refractivity contribution < 1.29 is 4.79 Å². The van der Waals surface area contributed by atoms with E-state index in [0.29, 0.717) is 5.92 Å². The predicted octanol–water partition coefficient (Wildman–Crippen LogP) is 3.44. The number of aromatic amines is 1. The molecule has 1 amide bonds. The number of benzene rings is 1. The molecule has 4 nitrogen and oxygen atoms in total. The van der Waals surface area contributed by atoms with Crippen molar-refractivity contribution >= 4 is 16.9 Å². The highest BCUT2D eigenvalue weighted by atomic mass is 16.1. The van der Waals surface area contributed by atoms with Crippen molar-refractivity contribution in [2.75, 3.05) is 6.54 Å². The smallest absolute Gasteiger partial charge is 0.220 e. The highest BCUT2D eigenvalue weighted by Gasteiger charge is 2.39. The van der Waals surface area contributed by atoms with Gasteiger partial charge in [-0.1, -0.05) is 18.6 Å². The Bertz CT molecular complexity index is 660. The van der Waals surface area contributed by atoms with E-state index < -0.39 is 0 Å². The molecule has 0 saturated heterocycles. The lowest BCUT2D eigenvalue weighted by molar-refractivity contribution is -0.122. The third kappa shape index (κ3) is 3.26. The molecule has 2 aliphatic carbocycles. The third-order valence-corrected chi connectivity index (χ3v) is 5.68. The molecule has 1 heterocycles. The van der Waals surface area contributed by atoms with E-state index in [4.69, 9.17) is 0 Å². The minimum Gasteiger partial charge on any atom is -0.356 e. The first kappa shape index (κ1) is 14.7. The van der Waals surface area contributed by atoms with Gasteiger partial charge in [0, 0.05) is 19.4 Å². The number of carbonyl (C=O) groups is 1. The summed E-state index contributed by atoms with van der Waals surface area (Å²) in [6.07, 6.45) is 7.98. The van der Waals surface area contributed by atoms with E-state index in [1.165, 1.54) is 25.7 Å². The molecule has 4 heteroatoms. The van der Waals surface area contributed by atoms with Crippen molar-refractivity contribution in [1.82, 2.24) is 15.3 Å². The Labute approximate surface area is 137 Å². The zero-order chi connectivity index (χ0) is 15.6. The van der Waals surface area contributed by atoms with E-state index in [1.54, 1.807) is 0 Å². The van der Waals surface area contributed by atoms with Gasteiger partial charge in [0.05, 0.1) is 11.0 Å². The maximum absolute atomic E-state index is 12.1. The average molecular weight is 311 g/mol. The first-order valence-electron chi connectivity index (χ1n) is 8.98. The number of hydrogen-bond acceptors (Lipinski definition) is 2. The van der Waals surface area contributed by atoms with Crippen LogP contribution in [-0.2, 0) is 11.2 Å². The summed E-state index contributed by atoms with van der Waals surface area (Å²) >= 11 is 0. The molecule has 3 unspecified atom stereocenters. The second-order valence-electron chi connectivity index (χ2n) is 7.29. The fraction of sp³-hybridized carbons (Fsp3) is 0.579. The second-order valence-corrected chi connectivity index (χ2v) is 7.29. The fourth-order valence-electron chi connectivity index (χ4n) is 4.54. The molecule has 2 saturated carbocycles. The van der Waals surface area contributed by atoms with Gasteiger partial charge in [-0.25, -0.2) is 4.98 Å². The highest BCUT2D eigenvalue weighted by molar-refractivity contribution is 5.76. The maximum Gasteiger partial charge on any atom is 0.220 e. The molecule has 2 fully saturated rings. The average Bonchev–Trinajstić information content (AvgIpc) is 3.25. The molecule has 0 aliphatic heterocycles. The Hall–Kier alpha value is -1.84. The molecule has 0 radical (unpaired) electrons. The Morgan fingerprint density at radius 2 is 2.17 bits per heavy atom. The lowest BCUT2D eigenvalue weighted by Gasteiger charge is -2.20. The van der Waals surface area contributed by atoms with Gasteiger partial charge in [-0.3, -0.25) is 4.79 Å². The molecule has 2 aromatic rings. The molecule has 2 N–H and O–H groups in total. The van der Waals surface area contributed by atoms with E-state index in [1.807, 2.05) is 24.3 Å². The molecular weight excluding hydrogens is 286 g/mol. The summed E-state index contributed by atoms with van der Waals surface area (Å²) in [6.45, 7) is 0.747. The maximum atomic E-state index is 12.1. The van der Waals surface area contributed by atoms with Crippen LogP contribution in [0.3, 0.4) is 0 Å². The summed E-state index contributed by atoms with van der Waals surface area (Å²) in [5.74, 6) is 3.66. The summed E-state index contributed by atoms with van der Waals surface area (Å²) in [4.78, 5) is 20.0. The summed E-state index contributed by atoms with van der Waals surface area (Å²) in [5.41, 5.74) is 2.10. The van der Waals surface area contributed by atoms with Crippen molar-refractivity contribution in [2.45, 2.75) is 44.9 Å². The number of carbonyl (C=O) groups excluding carboxylic acids is 1. The topological polar surface area (TPSA) is 57.8 Å². The molecular formula is C19H25N3O. The van der Waals surface area contributed by atoms with E-state index in [-0.39, 0.29) is 5.91 Å². The Balaban J connectivity index is 1.19. The van der Waals surface area contributed by atoms with Gasteiger partial charge in [0.25, 0.3) is 0 Å². The molecule has 4 rings (SSSR count). The van der Waals surface area contributed by atoms with Crippen LogP contribution in [0.5, 0.6) is 0 Å². The number of amides is 1. The quantitative estimate of drug-likeness (QED) is 0.803. The number of imidazole rings is 1. The van der Waals surface area contributed by atoms with E-state index in [2.05, 4.69) is 15.3 Å². The molecule has 2 bridgehead atoms. The number of hydrogen-bond donors (Lipinski definition) is 2. The normalized spacial score (nSPS) is 26.0. The van der Waals surface area contributed by atoms with Gasteiger partial charge in [0.2, 0.25) is 5.91 Å². The Morgan fingerprint density at radius 3 is 2.96 bits per heavy atom. The van der Waals surface area contributed by atoms with Crippen LogP contribution in [-0.4, -0.2) is 22.4 Å². The largest absolute Gasteiger partial charge is 0.356 e. The minimum absolute atomic E-state index is 0.243. The van der Waals surface area contributed by atoms with Crippen molar-refractivity contribution in [1.29, 1.82) is 0 Å². The van der Waals surface area contributed by atoms with Gasteiger partial charge in [-0.05, 0) is 55.6 Å². The lowest BCUT2D eigenvalue weighted by Crippen LogP contribution is -2.28. The molecule has 1 aromatic heterocycles. The molecule has 122 valence electrons. The monoisotopic (exact) mass is 311 g/mol. The number of para-hydroxylation sites is 2. The van der Waals surface area contributed by atoms with Crippen molar-refractivity contribution in [3.8, 4) is 0 Å². The van der Waals surface area contributed by atoms with Gasteiger partial charge in [0.15, 0.2) is 0 Å². The van der Waals surface area contributed by atoms with Crippen LogP contribution in [0.25, 0.3) is 11.0 Å². The Kier molecular flexibility index (Phi) is 4.06. The zero-order valence-corrected chi connectivity index (χ0v) is 13.6. The van der Waals surface area contributed by atoms with Crippen molar-refractivity contribution in [3.63, 3.8) is 0 Å². The zero-order valence-electron chi connectivity index (χ0n) is 13.6. The number of aryl methyl sites for hydroxylation is 1. The number of nitrogens with zero attached hydrogens (tertiary/aromatic N) is 1. The molecule has 0 spiro atoms. The summed E-state index contributed by atoms with van der Waals surface area (Å²) < 4.78 is 0. The van der Waals surface area contributed by atoms with E-state index in [9.17, 15) is 4.79 Å². The lowest BCUT2D eigenvalue weighted by atomic mass is 9.86. The van der Waals surface area contributed by atoms with Crippen LogP contribution in [0.1, 0.15) is 44.3 Å². The Morgan fingerprint density at radius 1 is 1.26 bits per heavy atom. The number of rotatable bonds is 6. The van der Waals surface area contributed by atoms with Gasteiger partial charge in [0.1, 0.15) is 5.82 Å². The number of nitrogens with one attached hydrogen (secondary N) is 2. The van der Waals surface area contributed by atoms with Crippen LogP contribution in [0.4, 0.5) is 0 Å². The second kappa shape index (κ2) is 6.34. The van der Waals surface area contributed by atoms with Crippen LogP contribution in [0.2, 0.25) is 0 Å². The SMILES string of the molecule is O=C(CC1CC2CCC1C2)NCCCc1nc2ccccc2[nH]1. The van der Waals surface area contributed by atoms with Gasteiger partial charge < -0.3 is 10.3 Å². The first-order chi connectivity index (χ1) is 11.3. The molecule has 1 aromatic carbocycles. The summed E-state index contributed by atoms with van der Waals surface area (Å²) in [7, 11) is 0. The summed E-state index contributed by atoms with van der Waals surface area (Å²) in [6, 6.07) is 8.08. The fourth-order valence-corrected chi connectivity index (χ4v) is 4.54. The minimum atomic E-state index is 0.243. The van der Waals surface area contributed by atoms with E-state index >= 15 is 0 Å². The van der Waals surface area contributed by atoms with Crippen LogP contribution >= 0.6 is 0 Å². The number of H-pyrrole nitrogens is 1. The van der Waals surface area contributed by atoms with Gasteiger partial charge in [-0.15, -0.1) is 0 Å². The third-order valence-electron chi connectivity index (χ3n) is 5.68. The van der Waals surface area contributed by atoms with Crippen LogP contribution < -0.4 is 5.32 Å². The molecule has 2 aliphatic rings. The van der Waals surface area contributed by atoms with Crippen LogP contribution in [0.15, 0.2) is 24.3 Å². The molecule has 23 heavy (non-hydrogen) atoms. The first-order valence-corrected chi connectivity index (χ1v) is 8.98. The van der Waals surface area contributed by atoms with Crippen LogP contribution in [0, 0.1) is 17.8 Å². The van der Waals surface area contributed by atoms with Crippen molar-refractivity contribution in [2.24, 2.45) is 17.8 Å². The molecule has 3 atom stereocenters. The van der Waals surface area contributed by atoms with Crippen molar-refractivity contribution in [3.05, 3.63) is 30.1 Å². The standard InChI is InChI=1S/C19H25N3O/c23-19(12-15-11-13-7-8-14(15)10-13)20-9-3-6-18-21-16-4-1-2-5-17(16)22-18/h1-2,4-5,13-15H,3,6-12H2,(H,20,23)(H,21,22). The number of fused-ring (bicyclic) bond motifs is 3. The van der Waals surface area contributed by atoms with Gasteiger partial charge >= 0.3 is 0 Å². The van der Waals surface area contributed by atoms with Gasteiger partial charge in [-0.2, -0.15) is 0 Å². The number of aromatic nitrogens is 2. The highest BCUT2D eigenvalue weighted by Crippen LogP contribution is 2.49. The predicted molar refractivity (Wildman–Crippen MR) is 91.0 cm³/mol. The van der Waals surface area contributed by atoms with E-state index in [0.717, 1.165) is 54.5 Å².